The molecule has 7 nitrogen and oxygen atoms in total. The molecule has 1 aliphatic rings. The first-order chi connectivity index (χ1) is 9.74. The average molecular weight is 292 g/mol. The Morgan fingerprint density at radius 1 is 1.35 bits per heavy atom. The lowest BCUT2D eigenvalue weighted by Crippen LogP contribution is -2.07. The minimum Gasteiger partial charge on any atom is -0.485 e. The molecule has 104 valence electrons. The Balaban J connectivity index is 1.71. The van der Waals surface area contributed by atoms with Crippen molar-refractivity contribution in [3.8, 4) is 11.5 Å². The summed E-state index contributed by atoms with van der Waals surface area (Å²) in [5.74, 6) is 1.99. The molecule has 1 aliphatic heterocycles. The number of hydrogen-bond donors (Lipinski definition) is 1. The van der Waals surface area contributed by atoms with Crippen LogP contribution in [0.2, 0.25) is 0 Å². The van der Waals surface area contributed by atoms with Crippen molar-refractivity contribution in [2.75, 3.05) is 12.0 Å². The van der Waals surface area contributed by atoms with Crippen molar-refractivity contribution in [3.63, 3.8) is 0 Å². The number of hydrogen-bond acceptors (Lipinski definition) is 8. The van der Waals surface area contributed by atoms with Crippen LogP contribution in [0.15, 0.2) is 23.4 Å². The predicted octanol–water partition coefficient (Wildman–Crippen LogP) is 1.58. The molecule has 0 amide bonds. The zero-order chi connectivity index (χ0) is 13.9. The smallest absolute Gasteiger partial charge is 0.224 e. The van der Waals surface area contributed by atoms with Crippen LogP contribution in [0.25, 0.3) is 0 Å². The second kappa shape index (κ2) is 5.51. The summed E-state index contributed by atoms with van der Waals surface area (Å²) in [4.78, 5) is 22.1. The van der Waals surface area contributed by atoms with Crippen LogP contribution < -0.4 is 15.4 Å². The molecule has 20 heavy (non-hydrogen) atoms. The highest BCUT2D eigenvalue weighted by molar-refractivity contribution is 7.98. The molecule has 2 aromatic rings. The number of rotatable bonds is 4. The zero-order valence-electron chi connectivity index (χ0n) is 10.7. The number of ether oxygens (including phenoxy) is 1. The fraction of sp³-hybridized carbons (Fsp3) is 0.250. The largest absolute Gasteiger partial charge is 0.485 e. The van der Waals surface area contributed by atoms with Crippen LogP contribution in [0, 0.1) is 0 Å². The van der Waals surface area contributed by atoms with E-state index in [1.54, 1.807) is 6.07 Å². The third kappa shape index (κ3) is 2.75. The van der Waals surface area contributed by atoms with Crippen molar-refractivity contribution >= 4 is 17.7 Å². The maximum absolute atomic E-state index is 5.62. The number of nitrogens with two attached hydrogens (primary N) is 1. The summed E-state index contributed by atoms with van der Waals surface area (Å²) in [6.45, 7) is 0.663. The molecule has 2 N–H and O–H groups in total. The number of thioether (sulfide) groups is 1. The minimum absolute atomic E-state index is 0.189. The van der Waals surface area contributed by atoms with E-state index < -0.39 is 0 Å². The standard InChI is InChI=1S/C12H12N4O3S/c1-20-12-15-10(14-11(13)16-12)6-17-8-3-2-7-5-18-19-9(7)4-8/h2-4H,5-6H2,1H3,(H2,13,14,15,16). The van der Waals surface area contributed by atoms with E-state index in [0.717, 1.165) is 5.56 Å². The molecular weight excluding hydrogens is 280 g/mol. The third-order valence-corrected chi connectivity index (χ3v) is 3.18. The SMILES string of the molecule is CSc1nc(N)nc(COc2ccc3c(c2)OOC3)n1. The van der Waals surface area contributed by atoms with Crippen molar-refractivity contribution in [1.82, 2.24) is 15.0 Å². The molecule has 0 saturated carbocycles. The topological polar surface area (TPSA) is 92.4 Å². The van der Waals surface area contributed by atoms with Crippen molar-refractivity contribution in [2.45, 2.75) is 18.4 Å². The molecule has 8 heteroatoms. The quantitative estimate of drug-likeness (QED) is 0.670. The average Bonchev–Trinajstić information content (AvgIpc) is 2.92. The van der Waals surface area contributed by atoms with Crippen molar-refractivity contribution < 1.29 is 14.5 Å². The van der Waals surface area contributed by atoms with E-state index in [2.05, 4.69) is 15.0 Å². The molecule has 3 rings (SSSR count). The summed E-state index contributed by atoms with van der Waals surface area (Å²) in [6.07, 6.45) is 1.87. The van der Waals surface area contributed by atoms with Gasteiger partial charge in [0.1, 0.15) is 19.0 Å². The molecule has 0 aliphatic carbocycles. The number of nitrogens with zero attached hydrogens (tertiary/aromatic N) is 3. The van der Waals surface area contributed by atoms with Crippen molar-refractivity contribution in [3.05, 3.63) is 29.6 Å². The lowest BCUT2D eigenvalue weighted by atomic mass is 10.2. The fourth-order valence-corrected chi connectivity index (χ4v) is 2.08. The van der Waals surface area contributed by atoms with Gasteiger partial charge in [0.25, 0.3) is 0 Å². The molecule has 0 bridgehead atoms. The van der Waals surface area contributed by atoms with E-state index in [0.29, 0.717) is 29.1 Å². The highest BCUT2D eigenvalue weighted by Crippen LogP contribution is 2.30. The Kier molecular flexibility index (Phi) is 3.57. The van der Waals surface area contributed by atoms with Gasteiger partial charge in [0, 0.05) is 11.6 Å². The van der Waals surface area contributed by atoms with Gasteiger partial charge in [-0.25, -0.2) is 4.98 Å². The second-order valence-corrected chi connectivity index (χ2v) is 4.77. The second-order valence-electron chi connectivity index (χ2n) is 4.00. The van der Waals surface area contributed by atoms with Gasteiger partial charge in [-0.15, -0.1) is 0 Å². The number of nitrogen functional groups attached to an aromatic ring is 1. The van der Waals surface area contributed by atoms with E-state index in [9.17, 15) is 0 Å². The molecular formula is C12H12N4O3S. The molecule has 1 aromatic heterocycles. The van der Waals surface area contributed by atoms with Crippen LogP contribution in [0.1, 0.15) is 11.4 Å². The zero-order valence-corrected chi connectivity index (χ0v) is 11.5. The maximum atomic E-state index is 5.62. The normalized spacial score (nSPS) is 12.8. The van der Waals surface area contributed by atoms with Gasteiger partial charge in [-0.3, -0.25) is 0 Å². The van der Waals surface area contributed by atoms with Crippen LogP contribution in [-0.2, 0) is 18.1 Å². The number of benzene rings is 1. The van der Waals surface area contributed by atoms with Crippen LogP contribution >= 0.6 is 11.8 Å². The summed E-state index contributed by atoms with van der Waals surface area (Å²) >= 11 is 1.40. The first-order valence-electron chi connectivity index (χ1n) is 5.84. The van der Waals surface area contributed by atoms with Gasteiger partial charge in [0.05, 0.1) is 0 Å². The Hall–Kier alpha value is -2.06. The van der Waals surface area contributed by atoms with E-state index in [1.807, 2.05) is 18.4 Å². The van der Waals surface area contributed by atoms with Gasteiger partial charge in [-0.1, -0.05) is 11.8 Å². The Morgan fingerprint density at radius 3 is 3.10 bits per heavy atom. The van der Waals surface area contributed by atoms with Gasteiger partial charge >= 0.3 is 0 Å². The highest BCUT2D eigenvalue weighted by Gasteiger charge is 2.14. The summed E-state index contributed by atoms with van der Waals surface area (Å²) < 4.78 is 5.62. The molecule has 0 unspecified atom stereocenters. The minimum atomic E-state index is 0.189. The number of aromatic nitrogens is 3. The summed E-state index contributed by atoms with van der Waals surface area (Å²) in [5.41, 5.74) is 6.60. The van der Waals surface area contributed by atoms with Gasteiger partial charge in [-0.05, 0) is 18.4 Å². The third-order valence-electron chi connectivity index (χ3n) is 2.63. The summed E-state index contributed by atoms with van der Waals surface area (Å²) in [5, 5.41) is 0.571. The van der Waals surface area contributed by atoms with Gasteiger partial charge < -0.3 is 15.4 Å². The first kappa shape index (κ1) is 12.9. The Bertz CT molecular complexity index is 638. The Morgan fingerprint density at radius 2 is 2.25 bits per heavy atom. The molecule has 0 fully saturated rings. The number of anilines is 1. The maximum Gasteiger partial charge on any atom is 0.224 e. The molecule has 1 aromatic carbocycles. The molecule has 0 spiro atoms. The van der Waals surface area contributed by atoms with Crippen LogP contribution in [0.5, 0.6) is 11.5 Å². The fourth-order valence-electron chi connectivity index (χ4n) is 1.70. The lowest BCUT2D eigenvalue weighted by molar-refractivity contribution is -0.194. The molecule has 0 atom stereocenters. The first-order valence-corrected chi connectivity index (χ1v) is 7.06. The van der Waals surface area contributed by atoms with Crippen LogP contribution in [-0.4, -0.2) is 21.2 Å². The highest BCUT2D eigenvalue weighted by atomic mass is 32.2. The monoisotopic (exact) mass is 292 g/mol. The molecule has 0 saturated heterocycles. The number of fused-ring (bicyclic) bond motifs is 1. The summed E-state index contributed by atoms with van der Waals surface area (Å²) in [7, 11) is 0. The lowest BCUT2D eigenvalue weighted by Gasteiger charge is -2.07. The van der Waals surface area contributed by atoms with Gasteiger partial charge in [-0.2, -0.15) is 14.9 Å². The summed E-state index contributed by atoms with van der Waals surface area (Å²) in [6, 6.07) is 5.51. The van der Waals surface area contributed by atoms with E-state index in [4.69, 9.17) is 20.2 Å². The van der Waals surface area contributed by atoms with E-state index in [1.165, 1.54) is 11.8 Å². The van der Waals surface area contributed by atoms with Gasteiger partial charge in [0.15, 0.2) is 16.7 Å². The molecule has 0 radical (unpaired) electrons. The van der Waals surface area contributed by atoms with Crippen LogP contribution in [0.4, 0.5) is 5.95 Å². The van der Waals surface area contributed by atoms with Crippen molar-refractivity contribution in [1.29, 1.82) is 0 Å². The Labute approximate surface area is 119 Å². The van der Waals surface area contributed by atoms with Crippen molar-refractivity contribution in [2.24, 2.45) is 0 Å². The van der Waals surface area contributed by atoms with E-state index >= 15 is 0 Å². The van der Waals surface area contributed by atoms with E-state index in [-0.39, 0.29) is 12.6 Å². The predicted molar refractivity (Wildman–Crippen MR) is 72.2 cm³/mol. The molecule has 2 heterocycles. The van der Waals surface area contributed by atoms with Gasteiger partial charge in [0.2, 0.25) is 5.95 Å². The van der Waals surface area contributed by atoms with Crippen LogP contribution in [0.3, 0.4) is 0 Å².